The number of hydrogen-bond donors (Lipinski definition) is 3. The van der Waals surface area contributed by atoms with E-state index in [4.69, 9.17) is 11.6 Å². The molecule has 3 rings (SSSR count). The Labute approximate surface area is 159 Å². The van der Waals surface area contributed by atoms with Crippen LogP contribution in [0.2, 0.25) is 0 Å². The van der Waals surface area contributed by atoms with Crippen molar-refractivity contribution in [1.29, 1.82) is 0 Å². The Morgan fingerprint density at radius 2 is 1.37 bits per heavy atom. The topological polar surface area (TPSA) is 99.6 Å². The minimum Gasteiger partial charge on any atom is -0.464 e. The highest BCUT2D eigenvalue weighted by atomic mass is 35.5. The fourth-order valence-electron chi connectivity index (χ4n) is 2.54. The number of hydrazine groups is 4. The summed E-state index contributed by atoms with van der Waals surface area (Å²) in [7, 11) is 0. The summed E-state index contributed by atoms with van der Waals surface area (Å²) in [6.07, 6.45) is -1.18. The minimum atomic E-state index is -1.28. The number of carbonyl (C=O) groups is 2. The van der Waals surface area contributed by atoms with E-state index < -0.39 is 12.2 Å². The molecule has 3 N–H and O–H groups in total. The first-order valence-electron chi connectivity index (χ1n) is 7.82. The van der Waals surface area contributed by atoms with Crippen LogP contribution in [0.5, 0.6) is 0 Å². The van der Waals surface area contributed by atoms with Crippen molar-refractivity contribution in [3.63, 3.8) is 0 Å². The highest BCUT2D eigenvalue weighted by molar-refractivity contribution is 6.29. The van der Waals surface area contributed by atoms with E-state index in [2.05, 4.69) is 5.53 Å². The molecule has 10 heteroatoms. The number of nitrogens with zero attached hydrogens (tertiary/aromatic N) is 4. The van der Waals surface area contributed by atoms with Gasteiger partial charge in [0.05, 0.1) is 29.2 Å². The zero-order valence-corrected chi connectivity index (χ0v) is 14.7. The van der Waals surface area contributed by atoms with Crippen LogP contribution in [-0.2, 0) is 0 Å². The van der Waals surface area contributed by atoms with Gasteiger partial charge in [0.15, 0.2) is 0 Å². The van der Waals surface area contributed by atoms with E-state index in [1.807, 2.05) is 0 Å². The van der Waals surface area contributed by atoms with Gasteiger partial charge in [0.1, 0.15) is 0 Å². The lowest BCUT2D eigenvalue weighted by molar-refractivity contribution is 0.0346. The van der Waals surface area contributed by atoms with E-state index in [0.717, 1.165) is 15.1 Å². The SMILES string of the molecule is O=C(O)N(c1ccccc1)N1C=C(Cl)CN(N(C(=O)O)c2ccccc2)N1. The second kappa shape index (κ2) is 7.96. The van der Waals surface area contributed by atoms with Crippen molar-refractivity contribution in [2.45, 2.75) is 0 Å². The molecule has 9 nitrogen and oxygen atoms in total. The zero-order valence-electron chi connectivity index (χ0n) is 13.9. The van der Waals surface area contributed by atoms with Crippen molar-refractivity contribution in [3.05, 3.63) is 71.9 Å². The molecule has 0 unspecified atom stereocenters. The maximum Gasteiger partial charge on any atom is 0.432 e. The molecule has 0 aliphatic carbocycles. The Morgan fingerprint density at radius 3 is 1.85 bits per heavy atom. The second-order valence-electron chi connectivity index (χ2n) is 5.44. The minimum absolute atomic E-state index is 0.0154. The van der Waals surface area contributed by atoms with Crippen molar-refractivity contribution in [2.75, 3.05) is 16.6 Å². The van der Waals surface area contributed by atoms with Gasteiger partial charge in [0.25, 0.3) is 0 Å². The molecule has 0 saturated carbocycles. The number of carboxylic acid groups (broad SMARTS) is 2. The van der Waals surface area contributed by atoms with Crippen molar-refractivity contribution in [2.24, 2.45) is 0 Å². The van der Waals surface area contributed by atoms with Crippen LogP contribution in [-0.4, -0.2) is 39.2 Å². The number of rotatable bonds is 4. The van der Waals surface area contributed by atoms with E-state index in [0.29, 0.717) is 11.4 Å². The van der Waals surface area contributed by atoms with Crippen LogP contribution in [0.3, 0.4) is 0 Å². The molecule has 0 spiro atoms. The highest BCUT2D eigenvalue weighted by Crippen LogP contribution is 2.23. The lowest BCUT2D eigenvalue weighted by Gasteiger charge is -2.42. The standard InChI is InChI=1S/C17H16ClN5O4/c18-13-11-20(22(16(24)25)14-7-3-1-4-8-14)19-21(12-13)23(17(26)27)15-9-5-2-6-10-15/h1-11,19H,12H2,(H,24,25)(H,26,27). The van der Waals surface area contributed by atoms with Gasteiger partial charge in [-0.1, -0.05) is 48.0 Å². The number of halogens is 1. The van der Waals surface area contributed by atoms with Crippen LogP contribution < -0.4 is 15.6 Å². The van der Waals surface area contributed by atoms with Crippen molar-refractivity contribution in [3.8, 4) is 0 Å². The molecular formula is C17H16ClN5O4. The van der Waals surface area contributed by atoms with Gasteiger partial charge in [-0.3, -0.25) is 0 Å². The summed E-state index contributed by atoms with van der Waals surface area (Å²) >= 11 is 6.18. The Hall–Kier alpha value is -3.27. The van der Waals surface area contributed by atoms with E-state index >= 15 is 0 Å². The van der Waals surface area contributed by atoms with Gasteiger partial charge in [-0.05, 0) is 24.3 Å². The van der Waals surface area contributed by atoms with E-state index in [9.17, 15) is 19.8 Å². The first-order chi connectivity index (χ1) is 13.0. The van der Waals surface area contributed by atoms with Crippen molar-refractivity contribution < 1.29 is 19.8 Å². The molecule has 140 valence electrons. The summed E-state index contributed by atoms with van der Waals surface area (Å²) in [5.74, 6) is 0. The second-order valence-corrected chi connectivity index (χ2v) is 5.92. The smallest absolute Gasteiger partial charge is 0.432 e. The predicted molar refractivity (Wildman–Crippen MR) is 99.5 cm³/mol. The number of para-hydroxylation sites is 2. The molecule has 27 heavy (non-hydrogen) atoms. The maximum atomic E-state index is 11.8. The Bertz CT molecular complexity index is 849. The molecule has 1 heterocycles. The molecule has 2 amide bonds. The molecule has 1 aliphatic heterocycles. The Balaban J connectivity index is 1.94. The van der Waals surface area contributed by atoms with Gasteiger partial charge < -0.3 is 10.2 Å². The number of amides is 2. The Kier molecular flexibility index (Phi) is 5.46. The molecule has 0 atom stereocenters. The molecular weight excluding hydrogens is 374 g/mol. The maximum absolute atomic E-state index is 11.8. The zero-order chi connectivity index (χ0) is 19.4. The summed E-state index contributed by atoms with van der Waals surface area (Å²) < 4.78 is 0. The average Bonchev–Trinajstić information content (AvgIpc) is 2.63. The van der Waals surface area contributed by atoms with E-state index in [1.54, 1.807) is 60.7 Å². The van der Waals surface area contributed by atoms with Gasteiger partial charge in [-0.2, -0.15) is 15.1 Å². The van der Waals surface area contributed by atoms with Crippen molar-refractivity contribution >= 4 is 35.2 Å². The molecule has 0 fully saturated rings. The molecule has 2 aromatic carbocycles. The van der Waals surface area contributed by atoms with E-state index in [-0.39, 0.29) is 11.6 Å². The van der Waals surface area contributed by atoms with Crippen LogP contribution in [0.15, 0.2) is 71.9 Å². The van der Waals surface area contributed by atoms with Crippen LogP contribution in [0.1, 0.15) is 0 Å². The molecule has 0 saturated heterocycles. The van der Waals surface area contributed by atoms with Gasteiger partial charge >= 0.3 is 12.2 Å². The third-order valence-corrected chi connectivity index (χ3v) is 3.82. The van der Waals surface area contributed by atoms with Crippen molar-refractivity contribution in [1.82, 2.24) is 15.8 Å². The number of anilines is 2. The van der Waals surface area contributed by atoms with Crippen LogP contribution in [0, 0.1) is 0 Å². The normalized spacial score (nSPS) is 14.4. The average molecular weight is 390 g/mol. The van der Waals surface area contributed by atoms with Gasteiger partial charge in [0, 0.05) is 0 Å². The Morgan fingerprint density at radius 1 is 0.889 bits per heavy atom. The van der Waals surface area contributed by atoms with Gasteiger partial charge in [0.2, 0.25) is 0 Å². The lowest BCUT2D eigenvalue weighted by atomic mass is 10.3. The summed E-state index contributed by atoms with van der Waals surface area (Å²) in [6, 6.07) is 16.7. The molecule has 0 aromatic heterocycles. The summed E-state index contributed by atoms with van der Waals surface area (Å²) in [4.78, 5) is 23.6. The van der Waals surface area contributed by atoms with Crippen LogP contribution >= 0.6 is 11.6 Å². The fraction of sp³-hybridized carbons (Fsp3) is 0.0588. The summed E-state index contributed by atoms with van der Waals surface area (Å²) in [5, 5.41) is 23.7. The van der Waals surface area contributed by atoms with Crippen LogP contribution in [0.4, 0.5) is 21.0 Å². The summed E-state index contributed by atoms with van der Waals surface area (Å²) in [5.41, 5.74) is 3.45. The van der Waals surface area contributed by atoms with E-state index in [1.165, 1.54) is 11.3 Å². The third-order valence-electron chi connectivity index (χ3n) is 3.60. The number of nitrogens with one attached hydrogen (secondary N) is 1. The third kappa shape index (κ3) is 4.11. The number of benzene rings is 2. The monoisotopic (exact) mass is 389 g/mol. The lowest BCUT2D eigenvalue weighted by Crippen LogP contribution is -2.65. The molecule has 0 bridgehead atoms. The quantitative estimate of drug-likeness (QED) is 0.737. The first kappa shape index (κ1) is 18.5. The number of hydrogen-bond acceptors (Lipinski definition) is 5. The fourth-order valence-corrected chi connectivity index (χ4v) is 2.74. The molecule has 0 radical (unpaired) electrons. The highest BCUT2D eigenvalue weighted by Gasteiger charge is 2.32. The predicted octanol–water partition coefficient (Wildman–Crippen LogP) is 3.30. The van der Waals surface area contributed by atoms with Gasteiger partial charge in [-0.15, -0.1) is 10.7 Å². The molecule has 1 aliphatic rings. The molecule has 2 aromatic rings. The largest absolute Gasteiger partial charge is 0.464 e. The van der Waals surface area contributed by atoms with Gasteiger partial charge in [-0.25, -0.2) is 9.59 Å². The van der Waals surface area contributed by atoms with Crippen LogP contribution in [0.25, 0.3) is 0 Å². The summed E-state index contributed by atoms with van der Waals surface area (Å²) in [6.45, 7) is 0.0154. The first-order valence-corrected chi connectivity index (χ1v) is 8.20.